The molecule has 0 spiro atoms. The van der Waals surface area contributed by atoms with E-state index in [0.29, 0.717) is 35.1 Å². The lowest BCUT2D eigenvalue weighted by Crippen LogP contribution is -2.48. The monoisotopic (exact) mass is 483 g/mol. The van der Waals surface area contributed by atoms with Gasteiger partial charge in [0.25, 0.3) is 11.8 Å². The molecule has 0 unspecified atom stereocenters. The summed E-state index contributed by atoms with van der Waals surface area (Å²) in [5.41, 5.74) is 2.66. The number of amides is 2. The number of hydrogen-bond donors (Lipinski definition) is 1. The average molecular weight is 484 g/mol. The summed E-state index contributed by atoms with van der Waals surface area (Å²) in [4.78, 5) is 29.9. The van der Waals surface area contributed by atoms with E-state index in [9.17, 15) is 9.59 Å². The minimum absolute atomic E-state index is 0.0316. The van der Waals surface area contributed by atoms with Crippen molar-refractivity contribution >= 4 is 34.8 Å². The van der Waals surface area contributed by atoms with E-state index in [2.05, 4.69) is 10.2 Å². The molecule has 2 amide bonds. The van der Waals surface area contributed by atoms with Gasteiger partial charge < -0.3 is 15.0 Å². The van der Waals surface area contributed by atoms with Crippen molar-refractivity contribution in [2.24, 2.45) is 0 Å². The van der Waals surface area contributed by atoms with Crippen LogP contribution in [0.15, 0.2) is 60.0 Å². The minimum Gasteiger partial charge on any atom is -0.496 e. The highest BCUT2D eigenvalue weighted by molar-refractivity contribution is 7.12. The Kier molecular flexibility index (Phi) is 7.65. The van der Waals surface area contributed by atoms with Gasteiger partial charge in [-0.05, 0) is 47.3 Å². The summed E-state index contributed by atoms with van der Waals surface area (Å²) < 4.78 is 5.45. The predicted octanol–water partition coefficient (Wildman–Crippen LogP) is 4.30. The third-order valence-electron chi connectivity index (χ3n) is 5.69. The molecule has 1 aliphatic rings. The van der Waals surface area contributed by atoms with Crippen LogP contribution in [-0.2, 0) is 13.1 Å². The molecule has 6 nitrogen and oxygen atoms in total. The Balaban J connectivity index is 1.28. The molecule has 0 aliphatic carbocycles. The molecule has 172 valence electrons. The zero-order chi connectivity index (χ0) is 23.2. The van der Waals surface area contributed by atoms with Gasteiger partial charge in [0.15, 0.2) is 0 Å². The lowest BCUT2D eigenvalue weighted by Gasteiger charge is -2.35. The van der Waals surface area contributed by atoms with Gasteiger partial charge in [0, 0.05) is 55.4 Å². The van der Waals surface area contributed by atoms with E-state index in [1.807, 2.05) is 58.8 Å². The second kappa shape index (κ2) is 10.8. The topological polar surface area (TPSA) is 61.9 Å². The zero-order valence-corrected chi connectivity index (χ0v) is 20.0. The fourth-order valence-electron chi connectivity index (χ4n) is 3.85. The van der Waals surface area contributed by atoms with Crippen LogP contribution >= 0.6 is 22.9 Å². The van der Waals surface area contributed by atoms with Crippen molar-refractivity contribution in [1.82, 2.24) is 15.1 Å². The normalized spacial score (nSPS) is 14.2. The van der Waals surface area contributed by atoms with E-state index < -0.39 is 0 Å². The number of thiophene rings is 1. The van der Waals surface area contributed by atoms with Crippen molar-refractivity contribution in [3.05, 3.63) is 86.6 Å². The maximum absolute atomic E-state index is 12.9. The number of ether oxygens (including phenoxy) is 1. The molecule has 3 aromatic rings. The molecule has 0 atom stereocenters. The molecule has 1 aliphatic heterocycles. The van der Waals surface area contributed by atoms with Gasteiger partial charge in [-0.3, -0.25) is 14.5 Å². The van der Waals surface area contributed by atoms with Crippen molar-refractivity contribution in [3.63, 3.8) is 0 Å². The first-order valence-electron chi connectivity index (χ1n) is 10.8. The van der Waals surface area contributed by atoms with Gasteiger partial charge in [0.2, 0.25) is 0 Å². The van der Waals surface area contributed by atoms with Crippen LogP contribution in [0.25, 0.3) is 0 Å². The van der Waals surface area contributed by atoms with Crippen molar-refractivity contribution in [3.8, 4) is 5.75 Å². The first-order valence-corrected chi connectivity index (χ1v) is 12.0. The number of rotatable bonds is 7. The third-order valence-corrected chi connectivity index (χ3v) is 6.80. The summed E-state index contributed by atoms with van der Waals surface area (Å²) in [5.74, 6) is 0.771. The number of halogens is 1. The van der Waals surface area contributed by atoms with E-state index in [1.54, 1.807) is 13.2 Å². The van der Waals surface area contributed by atoms with E-state index >= 15 is 0 Å². The number of hydrogen-bond acceptors (Lipinski definition) is 5. The summed E-state index contributed by atoms with van der Waals surface area (Å²) in [6.45, 7) is 4.07. The SMILES string of the molecule is COc1ccc(Cl)cc1CN1CCN(C(=O)c2ccc(CNC(=O)c3cccs3)cc2)CC1. The molecule has 8 heteroatoms. The molecule has 0 saturated carbocycles. The maximum atomic E-state index is 12.9. The molecule has 4 rings (SSSR count). The van der Waals surface area contributed by atoms with E-state index in [0.717, 1.165) is 36.5 Å². The quantitative estimate of drug-likeness (QED) is 0.544. The van der Waals surface area contributed by atoms with Crippen LogP contribution < -0.4 is 10.1 Å². The van der Waals surface area contributed by atoms with E-state index in [1.165, 1.54) is 11.3 Å². The summed E-state index contributed by atoms with van der Waals surface area (Å²) in [7, 11) is 1.66. The van der Waals surface area contributed by atoms with Crippen LogP contribution in [0.1, 0.15) is 31.2 Å². The van der Waals surface area contributed by atoms with Crippen molar-refractivity contribution < 1.29 is 14.3 Å². The summed E-state index contributed by atoms with van der Waals surface area (Å²) >= 11 is 7.56. The molecule has 2 aromatic carbocycles. The first kappa shape index (κ1) is 23.3. The summed E-state index contributed by atoms with van der Waals surface area (Å²) in [6, 6.07) is 16.7. The van der Waals surface area contributed by atoms with Gasteiger partial charge in [-0.1, -0.05) is 29.8 Å². The number of piperazine rings is 1. The molecule has 33 heavy (non-hydrogen) atoms. The van der Waals surface area contributed by atoms with Gasteiger partial charge in [-0.15, -0.1) is 11.3 Å². The van der Waals surface area contributed by atoms with Crippen molar-refractivity contribution in [2.75, 3.05) is 33.3 Å². The van der Waals surface area contributed by atoms with Crippen LogP contribution in [-0.4, -0.2) is 54.9 Å². The Labute approximate surface area is 202 Å². The number of carbonyl (C=O) groups is 2. The van der Waals surface area contributed by atoms with Crippen molar-refractivity contribution in [1.29, 1.82) is 0 Å². The highest BCUT2D eigenvalue weighted by atomic mass is 35.5. The summed E-state index contributed by atoms with van der Waals surface area (Å²) in [5, 5.41) is 5.47. The maximum Gasteiger partial charge on any atom is 0.261 e. The third kappa shape index (κ3) is 5.93. The number of benzene rings is 2. The largest absolute Gasteiger partial charge is 0.496 e. The minimum atomic E-state index is -0.0848. The van der Waals surface area contributed by atoms with Crippen LogP contribution in [0.3, 0.4) is 0 Å². The predicted molar refractivity (Wildman–Crippen MR) is 131 cm³/mol. The smallest absolute Gasteiger partial charge is 0.261 e. The van der Waals surface area contributed by atoms with Crippen LogP contribution in [0.2, 0.25) is 5.02 Å². The standard InChI is InChI=1S/C25H26ClN3O3S/c1-32-22-9-8-21(26)15-20(22)17-28-10-12-29(13-11-28)25(31)19-6-4-18(5-7-19)16-27-24(30)23-3-2-14-33-23/h2-9,14-15H,10-13,16-17H2,1H3,(H,27,30). The second-order valence-electron chi connectivity index (χ2n) is 7.88. The highest BCUT2D eigenvalue weighted by Crippen LogP contribution is 2.24. The Morgan fingerprint density at radius 1 is 1.06 bits per heavy atom. The van der Waals surface area contributed by atoms with Crippen LogP contribution in [0.4, 0.5) is 0 Å². The Bertz CT molecular complexity index is 1090. The zero-order valence-electron chi connectivity index (χ0n) is 18.4. The molecule has 0 radical (unpaired) electrons. The van der Waals surface area contributed by atoms with E-state index in [4.69, 9.17) is 16.3 Å². The lowest BCUT2D eigenvalue weighted by atomic mass is 10.1. The fourth-order valence-corrected chi connectivity index (χ4v) is 4.68. The van der Waals surface area contributed by atoms with Gasteiger partial charge >= 0.3 is 0 Å². The average Bonchev–Trinajstić information content (AvgIpc) is 3.38. The highest BCUT2D eigenvalue weighted by Gasteiger charge is 2.23. The molecule has 1 fully saturated rings. The molecule has 0 bridgehead atoms. The first-order chi connectivity index (χ1) is 16.0. The lowest BCUT2D eigenvalue weighted by molar-refractivity contribution is 0.0627. The van der Waals surface area contributed by atoms with Gasteiger partial charge in [0.05, 0.1) is 12.0 Å². The van der Waals surface area contributed by atoms with Crippen LogP contribution in [0.5, 0.6) is 5.75 Å². The molecule has 1 saturated heterocycles. The van der Waals surface area contributed by atoms with Gasteiger partial charge in [-0.2, -0.15) is 0 Å². The van der Waals surface area contributed by atoms with Gasteiger partial charge in [-0.25, -0.2) is 0 Å². The summed E-state index contributed by atoms with van der Waals surface area (Å²) in [6.07, 6.45) is 0. The van der Waals surface area contributed by atoms with Crippen LogP contribution in [0, 0.1) is 0 Å². The van der Waals surface area contributed by atoms with Crippen molar-refractivity contribution in [2.45, 2.75) is 13.1 Å². The second-order valence-corrected chi connectivity index (χ2v) is 9.27. The Morgan fingerprint density at radius 2 is 1.82 bits per heavy atom. The number of nitrogens with one attached hydrogen (secondary N) is 1. The fraction of sp³-hybridized carbons (Fsp3) is 0.280. The molecule has 1 aromatic heterocycles. The molecule has 1 N–H and O–H groups in total. The molecular weight excluding hydrogens is 458 g/mol. The Morgan fingerprint density at radius 3 is 2.48 bits per heavy atom. The van der Waals surface area contributed by atoms with Gasteiger partial charge in [0.1, 0.15) is 5.75 Å². The number of carbonyl (C=O) groups excluding carboxylic acids is 2. The van der Waals surface area contributed by atoms with E-state index in [-0.39, 0.29) is 11.8 Å². The number of methoxy groups -OCH3 is 1. The molecule has 2 heterocycles. The Hall–Kier alpha value is -2.87. The number of nitrogens with zero attached hydrogens (tertiary/aromatic N) is 2. The molecular formula is C25H26ClN3O3S.